The summed E-state index contributed by atoms with van der Waals surface area (Å²) in [5.74, 6) is -0.878. The SMILES string of the molecule is CCOC(=O)NC(=O)C[NH+](CC)Cc1c(F)cccc1Cl. The molecule has 0 fully saturated rings. The van der Waals surface area contributed by atoms with Crippen LogP contribution in [-0.2, 0) is 16.1 Å². The van der Waals surface area contributed by atoms with E-state index in [0.29, 0.717) is 17.1 Å². The molecule has 0 heterocycles. The molecule has 1 atom stereocenters. The zero-order valence-electron chi connectivity index (χ0n) is 12.0. The maximum Gasteiger partial charge on any atom is 0.414 e. The van der Waals surface area contributed by atoms with E-state index in [1.165, 1.54) is 12.1 Å². The highest BCUT2D eigenvalue weighted by Gasteiger charge is 2.19. The average molecular weight is 318 g/mol. The van der Waals surface area contributed by atoms with E-state index in [-0.39, 0.29) is 19.7 Å². The van der Waals surface area contributed by atoms with Crippen LogP contribution in [0.25, 0.3) is 0 Å². The molecule has 1 rings (SSSR count). The van der Waals surface area contributed by atoms with Gasteiger partial charge in [0.25, 0.3) is 5.91 Å². The highest BCUT2D eigenvalue weighted by Crippen LogP contribution is 2.17. The van der Waals surface area contributed by atoms with Gasteiger partial charge in [-0.05, 0) is 26.0 Å². The van der Waals surface area contributed by atoms with Crippen LogP contribution < -0.4 is 10.2 Å². The molecule has 2 N–H and O–H groups in total. The summed E-state index contributed by atoms with van der Waals surface area (Å²) in [7, 11) is 0. The summed E-state index contributed by atoms with van der Waals surface area (Å²) in [6, 6.07) is 4.46. The molecule has 0 aliphatic heterocycles. The summed E-state index contributed by atoms with van der Waals surface area (Å²) in [5, 5.41) is 2.44. The molecule has 7 heteroatoms. The number of quaternary nitrogens is 1. The topological polar surface area (TPSA) is 59.8 Å². The Kier molecular flexibility index (Phi) is 7.11. The van der Waals surface area contributed by atoms with Crippen molar-refractivity contribution in [2.24, 2.45) is 0 Å². The lowest BCUT2D eigenvalue weighted by molar-refractivity contribution is -0.904. The first kappa shape index (κ1) is 17.4. The molecule has 0 radical (unpaired) electrons. The van der Waals surface area contributed by atoms with Crippen molar-refractivity contribution in [1.82, 2.24) is 5.32 Å². The minimum Gasteiger partial charge on any atom is -0.450 e. The number of hydrogen-bond acceptors (Lipinski definition) is 3. The van der Waals surface area contributed by atoms with Gasteiger partial charge in [0.05, 0.1) is 23.7 Å². The molecule has 0 aliphatic carbocycles. The molecule has 0 aliphatic rings. The lowest BCUT2D eigenvalue weighted by Gasteiger charge is -2.18. The van der Waals surface area contributed by atoms with Gasteiger partial charge < -0.3 is 9.64 Å². The van der Waals surface area contributed by atoms with Gasteiger partial charge >= 0.3 is 6.09 Å². The average Bonchev–Trinajstić information content (AvgIpc) is 2.41. The number of halogens is 2. The van der Waals surface area contributed by atoms with Crippen molar-refractivity contribution in [2.45, 2.75) is 20.4 Å². The summed E-state index contributed by atoms with van der Waals surface area (Å²) < 4.78 is 18.3. The van der Waals surface area contributed by atoms with E-state index in [1.54, 1.807) is 13.0 Å². The molecule has 1 unspecified atom stereocenters. The monoisotopic (exact) mass is 317 g/mol. The summed E-state index contributed by atoms with van der Waals surface area (Å²) in [6.45, 7) is 4.57. The fourth-order valence-electron chi connectivity index (χ4n) is 1.82. The van der Waals surface area contributed by atoms with Crippen molar-refractivity contribution in [3.63, 3.8) is 0 Å². The smallest absolute Gasteiger partial charge is 0.414 e. The van der Waals surface area contributed by atoms with E-state index in [4.69, 9.17) is 11.6 Å². The predicted octanol–water partition coefficient (Wildman–Crippen LogP) is 1.16. The van der Waals surface area contributed by atoms with Crippen LogP contribution in [0.3, 0.4) is 0 Å². The fourth-order valence-corrected chi connectivity index (χ4v) is 2.05. The Hall–Kier alpha value is -1.66. The number of amides is 2. The molecule has 0 bridgehead atoms. The van der Waals surface area contributed by atoms with Gasteiger partial charge in [0.15, 0.2) is 6.54 Å². The minimum absolute atomic E-state index is 0.0278. The Morgan fingerprint density at radius 1 is 1.38 bits per heavy atom. The Balaban J connectivity index is 2.63. The summed E-state index contributed by atoms with van der Waals surface area (Å²) in [4.78, 5) is 23.6. The van der Waals surface area contributed by atoms with Gasteiger partial charge in [-0.2, -0.15) is 0 Å². The van der Waals surface area contributed by atoms with Crippen LogP contribution >= 0.6 is 11.6 Å². The Bertz CT molecular complexity index is 491. The number of rotatable bonds is 6. The highest BCUT2D eigenvalue weighted by atomic mass is 35.5. The molecule has 5 nitrogen and oxygen atoms in total. The number of likely N-dealkylation sites (N-methyl/N-ethyl adjacent to an activating group) is 1. The van der Waals surface area contributed by atoms with Gasteiger partial charge in [0, 0.05) is 0 Å². The number of hydrogen-bond donors (Lipinski definition) is 2. The van der Waals surface area contributed by atoms with Crippen LogP contribution in [0.1, 0.15) is 19.4 Å². The second kappa shape index (κ2) is 8.59. The first-order valence-electron chi connectivity index (χ1n) is 6.71. The van der Waals surface area contributed by atoms with E-state index < -0.39 is 17.8 Å². The third-order valence-corrected chi connectivity index (χ3v) is 3.27. The van der Waals surface area contributed by atoms with Crippen LogP contribution in [-0.4, -0.2) is 31.7 Å². The highest BCUT2D eigenvalue weighted by molar-refractivity contribution is 6.31. The first-order valence-corrected chi connectivity index (χ1v) is 7.08. The van der Waals surface area contributed by atoms with Crippen LogP contribution in [0.4, 0.5) is 9.18 Å². The number of carbonyl (C=O) groups is 2. The molecule has 0 spiro atoms. The molecule has 0 saturated carbocycles. The number of carbonyl (C=O) groups excluding carboxylic acids is 2. The molecule has 0 aromatic heterocycles. The lowest BCUT2D eigenvalue weighted by atomic mass is 10.2. The van der Waals surface area contributed by atoms with Gasteiger partial charge in [-0.1, -0.05) is 17.7 Å². The second-order valence-corrected chi connectivity index (χ2v) is 4.83. The number of alkyl carbamates (subject to hydrolysis) is 1. The predicted molar refractivity (Wildman–Crippen MR) is 76.6 cm³/mol. The summed E-state index contributed by atoms with van der Waals surface area (Å²) in [6.07, 6.45) is -0.776. The van der Waals surface area contributed by atoms with Gasteiger partial charge in [0.1, 0.15) is 12.4 Å². The molecule has 1 aromatic rings. The number of ether oxygens (including phenoxy) is 1. The molecule has 0 saturated heterocycles. The van der Waals surface area contributed by atoms with E-state index in [9.17, 15) is 14.0 Å². The van der Waals surface area contributed by atoms with Gasteiger partial charge in [-0.15, -0.1) is 0 Å². The summed E-state index contributed by atoms with van der Waals surface area (Å²) >= 11 is 5.96. The second-order valence-electron chi connectivity index (χ2n) is 4.43. The van der Waals surface area contributed by atoms with Crippen molar-refractivity contribution in [1.29, 1.82) is 0 Å². The summed E-state index contributed by atoms with van der Waals surface area (Å²) in [5.41, 5.74) is 0.361. The number of benzene rings is 1. The van der Waals surface area contributed by atoms with Crippen molar-refractivity contribution in [2.75, 3.05) is 19.7 Å². The third kappa shape index (κ3) is 5.69. The van der Waals surface area contributed by atoms with Crippen LogP contribution in [0.15, 0.2) is 18.2 Å². The number of imide groups is 1. The van der Waals surface area contributed by atoms with E-state index in [2.05, 4.69) is 10.1 Å². The van der Waals surface area contributed by atoms with E-state index >= 15 is 0 Å². The molecule has 21 heavy (non-hydrogen) atoms. The number of nitrogens with one attached hydrogen (secondary N) is 2. The van der Waals surface area contributed by atoms with Crippen LogP contribution in [0.2, 0.25) is 5.02 Å². The fraction of sp³-hybridized carbons (Fsp3) is 0.429. The normalized spacial score (nSPS) is 11.8. The lowest BCUT2D eigenvalue weighted by Crippen LogP contribution is -3.11. The van der Waals surface area contributed by atoms with Gasteiger partial charge in [-0.3, -0.25) is 10.1 Å². The van der Waals surface area contributed by atoms with Crippen LogP contribution in [0, 0.1) is 5.82 Å². The zero-order chi connectivity index (χ0) is 15.8. The standard InChI is InChI=1S/C14H18ClFN2O3/c1-3-18(9-13(19)17-14(20)21-4-2)8-10-11(15)6-5-7-12(10)16/h5-7H,3-4,8-9H2,1-2H3,(H,17,19,20)/p+1. The first-order chi connectivity index (χ1) is 9.97. The maximum atomic E-state index is 13.7. The van der Waals surface area contributed by atoms with Crippen LogP contribution in [0.5, 0.6) is 0 Å². The molecule has 1 aromatic carbocycles. The van der Waals surface area contributed by atoms with Gasteiger partial charge in [-0.25, -0.2) is 9.18 Å². The third-order valence-electron chi connectivity index (χ3n) is 2.92. The van der Waals surface area contributed by atoms with E-state index in [0.717, 1.165) is 4.90 Å². The molecular formula is C14H19ClFN2O3+. The molecule has 116 valence electrons. The van der Waals surface area contributed by atoms with Gasteiger partial charge in [0.2, 0.25) is 0 Å². The molecular weight excluding hydrogens is 299 g/mol. The van der Waals surface area contributed by atoms with E-state index in [1.807, 2.05) is 6.92 Å². The largest absolute Gasteiger partial charge is 0.450 e. The minimum atomic E-state index is -0.776. The Morgan fingerprint density at radius 2 is 2.10 bits per heavy atom. The quantitative estimate of drug-likeness (QED) is 0.827. The zero-order valence-corrected chi connectivity index (χ0v) is 12.8. The maximum absolute atomic E-state index is 13.7. The Morgan fingerprint density at radius 3 is 2.67 bits per heavy atom. The van der Waals surface area contributed by atoms with Crippen molar-refractivity contribution >= 4 is 23.6 Å². The van der Waals surface area contributed by atoms with Crippen molar-refractivity contribution in [3.05, 3.63) is 34.6 Å². The Labute approximate surface area is 128 Å². The molecule has 2 amide bonds. The van der Waals surface area contributed by atoms with Crippen molar-refractivity contribution in [3.8, 4) is 0 Å². The van der Waals surface area contributed by atoms with Crippen molar-refractivity contribution < 1.29 is 23.6 Å².